The Labute approximate surface area is 69.0 Å². The summed E-state index contributed by atoms with van der Waals surface area (Å²) in [6.45, 7) is 1.85. The van der Waals surface area contributed by atoms with E-state index in [9.17, 15) is 0 Å². The maximum absolute atomic E-state index is 5.78. The van der Waals surface area contributed by atoms with Crippen LogP contribution in [-0.2, 0) is 0 Å². The van der Waals surface area contributed by atoms with Gasteiger partial charge in [0.2, 0.25) is 0 Å². The first-order valence-electron chi connectivity index (χ1n) is 3.27. The van der Waals surface area contributed by atoms with Gasteiger partial charge >= 0.3 is 0 Å². The number of nitrogens with one attached hydrogen (secondary N) is 2. The van der Waals surface area contributed by atoms with Crippen molar-refractivity contribution in [3.05, 3.63) is 10.7 Å². The molecule has 0 saturated carbocycles. The van der Waals surface area contributed by atoms with Gasteiger partial charge in [0.25, 0.3) is 0 Å². The molecule has 2 heterocycles. The molecule has 2 aliphatic rings. The fraction of sp³-hybridized carbons (Fsp3) is 0.333. The summed E-state index contributed by atoms with van der Waals surface area (Å²) in [5, 5.41) is 0.579. The largest absolute Gasteiger partial charge is 0.309 e. The van der Waals surface area contributed by atoms with Gasteiger partial charge in [-0.25, -0.2) is 15.4 Å². The summed E-state index contributed by atoms with van der Waals surface area (Å²) >= 11 is 5.78. The van der Waals surface area contributed by atoms with Crippen molar-refractivity contribution in [3.8, 4) is 0 Å². The molecule has 0 radical (unpaired) electrons. The normalized spacial score (nSPS) is 28.2. The summed E-state index contributed by atoms with van der Waals surface area (Å²) < 4.78 is 0. The van der Waals surface area contributed by atoms with Crippen LogP contribution in [0.1, 0.15) is 6.92 Å². The standard InChI is InChI=1S/C6H7ClN4/c1-3-8-2-4-5(7)10-11-6(4)9-3/h2,6,10-11H,1H3. The van der Waals surface area contributed by atoms with E-state index in [2.05, 4.69) is 20.8 Å². The smallest absolute Gasteiger partial charge is 0.148 e. The summed E-state index contributed by atoms with van der Waals surface area (Å²) in [5.74, 6) is 0.763. The summed E-state index contributed by atoms with van der Waals surface area (Å²) in [6, 6.07) is 0. The van der Waals surface area contributed by atoms with Gasteiger partial charge in [0.05, 0.1) is 0 Å². The molecule has 0 aromatic rings. The second-order valence-corrected chi connectivity index (χ2v) is 2.75. The molecular weight excluding hydrogens is 164 g/mol. The molecule has 0 aliphatic carbocycles. The first-order chi connectivity index (χ1) is 5.27. The van der Waals surface area contributed by atoms with E-state index in [0.29, 0.717) is 5.16 Å². The Hall–Kier alpha value is -0.870. The molecule has 0 saturated heterocycles. The van der Waals surface area contributed by atoms with Crippen LogP contribution in [0.25, 0.3) is 0 Å². The average molecular weight is 171 g/mol. The number of halogens is 1. The molecule has 0 aromatic heterocycles. The fourth-order valence-electron chi connectivity index (χ4n) is 1.01. The first-order valence-corrected chi connectivity index (χ1v) is 3.65. The molecule has 0 bridgehead atoms. The molecule has 2 rings (SSSR count). The lowest BCUT2D eigenvalue weighted by Crippen LogP contribution is -2.32. The van der Waals surface area contributed by atoms with Crippen LogP contribution in [0.15, 0.2) is 20.7 Å². The third-order valence-corrected chi connectivity index (χ3v) is 1.89. The zero-order valence-corrected chi connectivity index (χ0v) is 6.68. The SMILES string of the molecule is CC1=NC2NNC(Cl)=C2C=N1. The van der Waals surface area contributed by atoms with E-state index in [1.165, 1.54) is 0 Å². The summed E-state index contributed by atoms with van der Waals surface area (Å²) in [7, 11) is 0. The summed E-state index contributed by atoms with van der Waals surface area (Å²) in [4.78, 5) is 8.22. The zero-order chi connectivity index (χ0) is 7.84. The predicted molar refractivity (Wildman–Crippen MR) is 44.5 cm³/mol. The van der Waals surface area contributed by atoms with Crippen LogP contribution in [0.3, 0.4) is 0 Å². The minimum Gasteiger partial charge on any atom is -0.309 e. The van der Waals surface area contributed by atoms with Crippen molar-refractivity contribution in [1.82, 2.24) is 10.9 Å². The van der Waals surface area contributed by atoms with E-state index < -0.39 is 0 Å². The number of nitrogens with zero attached hydrogens (tertiary/aromatic N) is 2. The number of hydrogen-bond donors (Lipinski definition) is 2. The van der Waals surface area contributed by atoms with E-state index in [4.69, 9.17) is 11.6 Å². The van der Waals surface area contributed by atoms with Crippen LogP contribution in [0.2, 0.25) is 0 Å². The third kappa shape index (κ3) is 1.04. The van der Waals surface area contributed by atoms with Gasteiger partial charge in [-0.3, -0.25) is 0 Å². The van der Waals surface area contributed by atoms with Crippen molar-refractivity contribution in [2.24, 2.45) is 9.98 Å². The molecule has 0 fully saturated rings. The highest BCUT2D eigenvalue weighted by molar-refractivity contribution is 6.31. The molecule has 11 heavy (non-hydrogen) atoms. The monoisotopic (exact) mass is 170 g/mol. The highest BCUT2D eigenvalue weighted by atomic mass is 35.5. The van der Waals surface area contributed by atoms with Gasteiger partial charge in [-0.2, -0.15) is 0 Å². The van der Waals surface area contributed by atoms with Crippen molar-refractivity contribution >= 4 is 23.7 Å². The highest BCUT2D eigenvalue weighted by Crippen LogP contribution is 2.17. The van der Waals surface area contributed by atoms with Crippen molar-refractivity contribution in [1.29, 1.82) is 0 Å². The second-order valence-electron chi connectivity index (χ2n) is 2.38. The van der Waals surface area contributed by atoms with Gasteiger partial charge in [-0.05, 0) is 6.92 Å². The van der Waals surface area contributed by atoms with Gasteiger partial charge in [-0.1, -0.05) is 11.6 Å². The lowest BCUT2D eigenvalue weighted by molar-refractivity contribution is 0.593. The van der Waals surface area contributed by atoms with Crippen molar-refractivity contribution in [2.75, 3.05) is 0 Å². The number of aliphatic imine (C=N–C) groups is 2. The quantitative estimate of drug-likeness (QED) is 0.517. The van der Waals surface area contributed by atoms with E-state index in [1.807, 2.05) is 6.92 Å². The highest BCUT2D eigenvalue weighted by Gasteiger charge is 2.23. The topological polar surface area (TPSA) is 48.8 Å². The Kier molecular flexibility index (Phi) is 1.44. The van der Waals surface area contributed by atoms with Gasteiger partial charge in [0, 0.05) is 11.8 Å². The number of hydrazine groups is 1. The van der Waals surface area contributed by atoms with Crippen LogP contribution in [0, 0.1) is 0 Å². The summed E-state index contributed by atoms with van der Waals surface area (Å²) in [5.41, 5.74) is 6.58. The predicted octanol–water partition coefficient (Wildman–Crippen LogP) is 0.374. The molecule has 1 atom stereocenters. The zero-order valence-electron chi connectivity index (χ0n) is 5.93. The number of hydrogen-bond acceptors (Lipinski definition) is 4. The fourth-order valence-corrected chi connectivity index (χ4v) is 1.22. The van der Waals surface area contributed by atoms with E-state index in [1.54, 1.807) is 6.21 Å². The molecule has 0 spiro atoms. The molecular formula is C6H7ClN4. The molecule has 1 unspecified atom stereocenters. The van der Waals surface area contributed by atoms with Gasteiger partial charge in [0.1, 0.15) is 17.2 Å². The molecule has 0 amide bonds. The third-order valence-electron chi connectivity index (χ3n) is 1.57. The minimum atomic E-state index is -0.0556. The van der Waals surface area contributed by atoms with E-state index in [0.717, 1.165) is 11.4 Å². The van der Waals surface area contributed by atoms with E-state index in [-0.39, 0.29) is 6.17 Å². The summed E-state index contributed by atoms with van der Waals surface area (Å²) in [6.07, 6.45) is 1.67. The first kappa shape index (κ1) is 6.82. The van der Waals surface area contributed by atoms with E-state index >= 15 is 0 Å². The Balaban J connectivity index is 2.37. The van der Waals surface area contributed by atoms with Crippen molar-refractivity contribution < 1.29 is 0 Å². The van der Waals surface area contributed by atoms with Crippen LogP contribution in [-0.4, -0.2) is 18.2 Å². The lowest BCUT2D eigenvalue weighted by atomic mass is 10.2. The Morgan fingerprint density at radius 2 is 2.45 bits per heavy atom. The Morgan fingerprint density at radius 1 is 1.64 bits per heavy atom. The maximum Gasteiger partial charge on any atom is 0.148 e. The number of fused-ring (bicyclic) bond motifs is 1. The number of amidine groups is 1. The van der Waals surface area contributed by atoms with Crippen molar-refractivity contribution in [2.45, 2.75) is 13.1 Å². The van der Waals surface area contributed by atoms with Gasteiger partial charge in [-0.15, -0.1) is 0 Å². The average Bonchev–Trinajstić information content (AvgIpc) is 2.32. The van der Waals surface area contributed by atoms with Crippen LogP contribution >= 0.6 is 11.6 Å². The van der Waals surface area contributed by atoms with Crippen LogP contribution in [0.5, 0.6) is 0 Å². The molecule has 2 N–H and O–H groups in total. The second kappa shape index (κ2) is 2.32. The molecule has 58 valence electrons. The molecule has 5 heteroatoms. The number of rotatable bonds is 0. The van der Waals surface area contributed by atoms with Crippen LogP contribution < -0.4 is 10.9 Å². The van der Waals surface area contributed by atoms with Gasteiger partial charge in [0.15, 0.2) is 0 Å². The Bertz CT molecular complexity index is 278. The molecule has 4 nitrogen and oxygen atoms in total. The Morgan fingerprint density at radius 3 is 3.27 bits per heavy atom. The van der Waals surface area contributed by atoms with Gasteiger partial charge < -0.3 is 5.43 Å². The van der Waals surface area contributed by atoms with Crippen LogP contribution in [0.4, 0.5) is 0 Å². The minimum absolute atomic E-state index is 0.0556. The molecule has 2 aliphatic heterocycles. The molecule has 0 aromatic carbocycles. The van der Waals surface area contributed by atoms with Crippen molar-refractivity contribution in [3.63, 3.8) is 0 Å². The maximum atomic E-state index is 5.78. The lowest BCUT2D eigenvalue weighted by Gasteiger charge is -2.09.